The van der Waals surface area contributed by atoms with Crippen molar-refractivity contribution in [3.63, 3.8) is 0 Å². The summed E-state index contributed by atoms with van der Waals surface area (Å²) >= 11 is 0. The second-order valence-corrected chi connectivity index (χ2v) is 10.4. The van der Waals surface area contributed by atoms with Gasteiger partial charge in [-0.05, 0) is 98.2 Å². The van der Waals surface area contributed by atoms with E-state index >= 15 is 0 Å². The van der Waals surface area contributed by atoms with Crippen molar-refractivity contribution in [2.24, 2.45) is 40.4 Å². The van der Waals surface area contributed by atoms with Gasteiger partial charge in [-0.15, -0.1) is 6.58 Å². The SMILES string of the molecule is C=CC[C@@H](C)[C@H]1CC[C@H]2[C@@H]3CC=C4C[C@@H](O)CC[C@]4(C)[C@H]3CC[C@]12C. The fourth-order valence-corrected chi connectivity index (χ4v) is 8.04. The van der Waals surface area contributed by atoms with Gasteiger partial charge in [0.15, 0.2) is 0 Å². The van der Waals surface area contributed by atoms with E-state index in [9.17, 15) is 5.11 Å². The second kappa shape index (κ2) is 6.25. The average Bonchev–Trinajstić information content (AvgIpc) is 2.93. The highest BCUT2D eigenvalue weighted by molar-refractivity contribution is 5.25. The summed E-state index contributed by atoms with van der Waals surface area (Å²) < 4.78 is 0. The van der Waals surface area contributed by atoms with Gasteiger partial charge in [0.25, 0.3) is 0 Å². The van der Waals surface area contributed by atoms with Gasteiger partial charge in [0.05, 0.1) is 6.10 Å². The van der Waals surface area contributed by atoms with Crippen LogP contribution < -0.4 is 0 Å². The summed E-state index contributed by atoms with van der Waals surface area (Å²) in [4.78, 5) is 0. The molecule has 4 aliphatic carbocycles. The molecule has 1 heteroatoms. The molecule has 1 N–H and O–H groups in total. The van der Waals surface area contributed by atoms with Gasteiger partial charge in [-0.2, -0.15) is 0 Å². The fourth-order valence-electron chi connectivity index (χ4n) is 8.04. The van der Waals surface area contributed by atoms with Crippen LogP contribution in [0.1, 0.15) is 78.6 Å². The van der Waals surface area contributed by atoms with Crippen LogP contribution in [0.5, 0.6) is 0 Å². The number of aliphatic hydroxyl groups excluding tert-OH is 1. The van der Waals surface area contributed by atoms with Crippen LogP contribution in [0, 0.1) is 40.4 Å². The van der Waals surface area contributed by atoms with Crippen LogP contribution in [0.2, 0.25) is 0 Å². The Labute approximate surface area is 155 Å². The first kappa shape index (κ1) is 17.8. The summed E-state index contributed by atoms with van der Waals surface area (Å²) in [5, 5.41) is 10.1. The molecule has 1 nitrogen and oxygen atoms in total. The van der Waals surface area contributed by atoms with Gasteiger partial charge >= 0.3 is 0 Å². The highest BCUT2D eigenvalue weighted by Gasteiger charge is 2.58. The van der Waals surface area contributed by atoms with Crippen molar-refractivity contribution in [3.8, 4) is 0 Å². The predicted octanol–water partition coefficient (Wildman–Crippen LogP) is 6.14. The number of fused-ring (bicyclic) bond motifs is 5. The molecule has 0 unspecified atom stereocenters. The predicted molar refractivity (Wildman–Crippen MR) is 105 cm³/mol. The van der Waals surface area contributed by atoms with Crippen LogP contribution in [0.4, 0.5) is 0 Å². The summed E-state index contributed by atoms with van der Waals surface area (Å²) in [5.41, 5.74) is 2.54. The van der Waals surface area contributed by atoms with Crippen LogP contribution in [-0.2, 0) is 0 Å². The van der Waals surface area contributed by atoms with Crippen molar-refractivity contribution in [3.05, 3.63) is 24.3 Å². The molecule has 0 aromatic heterocycles. The fraction of sp³-hybridized carbons (Fsp3) is 0.833. The van der Waals surface area contributed by atoms with Crippen molar-refractivity contribution in [1.82, 2.24) is 0 Å². The van der Waals surface area contributed by atoms with Gasteiger partial charge in [0.2, 0.25) is 0 Å². The zero-order valence-corrected chi connectivity index (χ0v) is 16.6. The number of aliphatic hydroxyl groups is 1. The van der Waals surface area contributed by atoms with E-state index in [1.165, 1.54) is 44.9 Å². The van der Waals surface area contributed by atoms with Crippen molar-refractivity contribution in [1.29, 1.82) is 0 Å². The van der Waals surface area contributed by atoms with E-state index in [1.54, 1.807) is 5.57 Å². The summed E-state index contributed by atoms with van der Waals surface area (Å²) in [6.45, 7) is 11.6. The Morgan fingerprint density at radius 1 is 1.20 bits per heavy atom. The van der Waals surface area contributed by atoms with E-state index < -0.39 is 0 Å². The Hall–Kier alpha value is -0.560. The monoisotopic (exact) mass is 342 g/mol. The quantitative estimate of drug-likeness (QED) is 0.611. The molecule has 25 heavy (non-hydrogen) atoms. The Morgan fingerprint density at radius 2 is 2.00 bits per heavy atom. The van der Waals surface area contributed by atoms with Crippen molar-refractivity contribution in [2.75, 3.05) is 0 Å². The molecule has 4 rings (SSSR count). The summed E-state index contributed by atoms with van der Waals surface area (Å²) in [5.74, 6) is 4.36. The Balaban J connectivity index is 1.61. The van der Waals surface area contributed by atoms with Crippen molar-refractivity contribution < 1.29 is 5.11 Å². The zero-order valence-electron chi connectivity index (χ0n) is 16.6. The number of hydrogen-bond donors (Lipinski definition) is 1. The first-order chi connectivity index (χ1) is 11.9. The molecule has 0 bridgehead atoms. The number of rotatable bonds is 3. The third-order valence-electron chi connectivity index (χ3n) is 9.38. The smallest absolute Gasteiger partial charge is 0.0577 e. The lowest BCUT2D eigenvalue weighted by molar-refractivity contribution is -0.0565. The highest BCUT2D eigenvalue weighted by atomic mass is 16.3. The molecule has 0 aromatic rings. The molecule has 0 amide bonds. The lowest BCUT2D eigenvalue weighted by Crippen LogP contribution is -2.50. The maximum atomic E-state index is 10.1. The summed E-state index contributed by atoms with van der Waals surface area (Å²) in [6.07, 6.45) is 16.0. The topological polar surface area (TPSA) is 20.2 Å². The minimum Gasteiger partial charge on any atom is -0.393 e. The average molecular weight is 343 g/mol. The lowest BCUT2D eigenvalue weighted by atomic mass is 9.47. The van der Waals surface area contributed by atoms with Gasteiger partial charge in [0.1, 0.15) is 0 Å². The highest BCUT2D eigenvalue weighted by Crippen LogP contribution is 2.67. The zero-order chi connectivity index (χ0) is 17.8. The number of allylic oxidation sites excluding steroid dienone is 2. The minimum absolute atomic E-state index is 0.0830. The molecule has 0 aliphatic heterocycles. The Kier molecular flexibility index (Phi) is 4.46. The van der Waals surface area contributed by atoms with Gasteiger partial charge < -0.3 is 5.11 Å². The molecule has 0 spiro atoms. The first-order valence-electron chi connectivity index (χ1n) is 10.9. The molecule has 0 heterocycles. The van der Waals surface area contributed by atoms with Crippen LogP contribution in [0.3, 0.4) is 0 Å². The van der Waals surface area contributed by atoms with Crippen LogP contribution >= 0.6 is 0 Å². The van der Waals surface area contributed by atoms with Crippen LogP contribution in [0.25, 0.3) is 0 Å². The molecule has 3 fully saturated rings. The molecule has 0 aromatic carbocycles. The van der Waals surface area contributed by atoms with E-state index in [4.69, 9.17) is 0 Å². The minimum atomic E-state index is -0.0830. The molecule has 4 aliphatic rings. The third kappa shape index (κ3) is 2.59. The van der Waals surface area contributed by atoms with Crippen molar-refractivity contribution in [2.45, 2.75) is 84.7 Å². The molecular formula is C24H38O. The van der Waals surface area contributed by atoms with E-state index in [-0.39, 0.29) is 6.10 Å². The molecule has 0 radical (unpaired) electrons. The van der Waals surface area contributed by atoms with Crippen molar-refractivity contribution >= 4 is 0 Å². The first-order valence-corrected chi connectivity index (χ1v) is 10.9. The normalized spacial score (nSPS) is 50.2. The Morgan fingerprint density at radius 3 is 2.76 bits per heavy atom. The maximum absolute atomic E-state index is 10.1. The van der Waals surface area contributed by atoms with Gasteiger partial charge in [-0.25, -0.2) is 0 Å². The van der Waals surface area contributed by atoms with Gasteiger partial charge in [-0.1, -0.05) is 38.5 Å². The van der Waals surface area contributed by atoms with E-state index in [0.29, 0.717) is 10.8 Å². The largest absolute Gasteiger partial charge is 0.393 e. The van der Waals surface area contributed by atoms with E-state index in [2.05, 4.69) is 39.5 Å². The standard InChI is InChI=1S/C24H38O/c1-5-6-16(2)20-9-10-21-19-8-7-17-15-18(25)11-13-23(17,3)22(19)12-14-24(20,21)4/h5,7,16,18-22,25H,1,6,8-15H2,2-4H3/t16-,18+,19+,20-,21+,22+,23+,24-/m1/s1. The summed E-state index contributed by atoms with van der Waals surface area (Å²) in [7, 11) is 0. The second-order valence-electron chi connectivity index (χ2n) is 10.4. The molecular weight excluding hydrogens is 304 g/mol. The van der Waals surface area contributed by atoms with E-state index in [0.717, 1.165) is 42.4 Å². The summed E-state index contributed by atoms with van der Waals surface area (Å²) in [6, 6.07) is 0. The third-order valence-corrected chi connectivity index (χ3v) is 9.38. The Bertz CT molecular complexity index is 562. The maximum Gasteiger partial charge on any atom is 0.0577 e. The molecule has 0 saturated heterocycles. The van der Waals surface area contributed by atoms with Gasteiger partial charge in [-0.3, -0.25) is 0 Å². The molecule has 3 saturated carbocycles. The van der Waals surface area contributed by atoms with E-state index in [1.807, 2.05) is 0 Å². The van der Waals surface area contributed by atoms with Gasteiger partial charge in [0, 0.05) is 0 Å². The number of hydrogen-bond acceptors (Lipinski definition) is 1. The molecule has 8 atom stereocenters. The van der Waals surface area contributed by atoms with Crippen LogP contribution in [0.15, 0.2) is 24.3 Å². The lowest BCUT2D eigenvalue weighted by Gasteiger charge is -2.58. The molecule has 140 valence electrons. The van der Waals surface area contributed by atoms with Crippen LogP contribution in [-0.4, -0.2) is 11.2 Å².